The summed E-state index contributed by atoms with van der Waals surface area (Å²) in [4.78, 5) is 11.6. The van der Waals surface area contributed by atoms with Crippen molar-refractivity contribution in [1.29, 1.82) is 0 Å². The lowest BCUT2D eigenvalue weighted by molar-refractivity contribution is -0.145. The average molecular weight is 331 g/mol. The molecule has 0 bridgehead atoms. The first kappa shape index (κ1) is 20.5. The standard InChI is InChI=1S/C22H34O2/c1-16(2)21-14-13-18(4)11-7-9-17(3)10-8-12-19(5)15-22(21)24-20(6)23/h10-11,15,21-22H,1,7-9,12-14H2,2-6H3/b17-10-,18-11+,19-15+. The Hall–Kier alpha value is -1.57. The molecule has 2 atom stereocenters. The summed E-state index contributed by atoms with van der Waals surface area (Å²) in [5.74, 6) is -0.0492. The van der Waals surface area contributed by atoms with Gasteiger partial charge in [-0.25, -0.2) is 0 Å². The van der Waals surface area contributed by atoms with Crippen molar-refractivity contribution >= 4 is 5.97 Å². The second-order valence-electron chi connectivity index (χ2n) is 7.26. The molecule has 0 aromatic heterocycles. The Morgan fingerprint density at radius 3 is 2.08 bits per heavy atom. The van der Waals surface area contributed by atoms with Gasteiger partial charge in [0, 0.05) is 12.8 Å². The fourth-order valence-electron chi connectivity index (χ4n) is 3.16. The van der Waals surface area contributed by atoms with E-state index in [-0.39, 0.29) is 18.0 Å². The minimum absolute atomic E-state index is 0.174. The first-order valence-corrected chi connectivity index (χ1v) is 9.10. The van der Waals surface area contributed by atoms with Crippen molar-refractivity contribution < 1.29 is 9.53 Å². The molecule has 1 aliphatic carbocycles. The molecule has 24 heavy (non-hydrogen) atoms. The molecule has 2 unspecified atom stereocenters. The molecule has 0 aromatic carbocycles. The molecule has 0 radical (unpaired) electrons. The van der Waals surface area contributed by atoms with Crippen LogP contribution < -0.4 is 0 Å². The number of esters is 1. The second-order valence-corrected chi connectivity index (χ2v) is 7.26. The maximum atomic E-state index is 11.6. The molecule has 0 saturated carbocycles. The lowest BCUT2D eigenvalue weighted by Crippen LogP contribution is -2.25. The molecular weight excluding hydrogens is 296 g/mol. The third-order valence-corrected chi connectivity index (χ3v) is 4.69. The molecular formula is C22H34O2. The van der Waals surface area contributed by atoms with E-state index in [2.05, 4.69) is 45.6 Å². The maximum Gasteiger partial charge on any atom is 0.303 e. The van der Waals surface area contributed by atoms with Gasteiger partial charge >= 0.3 is 5.97 Å². The third kappa shape index (κ3) is 7.81. The summed E-state index contributed by atoms with van der Waals surface area (Å²) in [6, 6.07) is 0. The van der Waals surface area contributed by atoms with Gasteiger partial charge in [-0.15, -0.1) is 0 Å². The minimum Gasteiger partial charge on any atom is -0.458 e. The van der Waals surface area contributed by atoms with Gasteiger partial charge in [-0.1, -0.05) is 41.0 Å². The predicted molar refractivity (Wildman–Crippen MR) is 103 cm³/mol. The molecule has 0 fully saturated rings. The zero-order chi connectivity index (χ0) is 18.1. The van der Waals surface area contributed by atoms with Crippen LogP contribution in [0.1, 0.15) is 73.1 Å². The van der Waals surface area contributed by atoms with Crippen LogP contribution in [0.4, 0.5) is 0 Å². The van der Waals surface area contributed by atoms with Crippen LogP contribution in [0.25, 0.3) is 0 Å². The van der Waals surface area contributed by atoms with Crippen molar-refractivity contribution in [1.82, 2.24) is 0 Å². The summed E-state index contributed by atoms with van der Waals surface area (Å²) in [6.45, 7) is 14.2. The topological polar surface area (TPSA) is 26.3 Å². The molecule has 2 heteroatoms. The number of hydrogen-bond donors (Lipinski definition) is 0. The number of carbonyl (C=O) groups is 1. The van der Waals surface area contributed by atoms with Gasteiger partial charge in [0.05, 0.1) is 0 Å². The van der Waals surface area contributed by atoms with Crippen molar-refractivity contribution in [3.63, 3.8) is 0 Å². The summed E-state index contributed by atoms with van der Waals surface area (Å²) in [7, 11) is 0. The van der Waals surface area contributed by atoms with Crippen molar-refractivity contribution in [2.45, 2.75) is 79.2 Å². The van der Waals surface area contributed by atoms with Crippen molar-refractivity contribution in [3.8, 4) is 0 Å². The highest BCUT2D eigenvalue weighted by Crippen LogP contribution is 2.27. The monoisotopic (exact) mass is 330 g/mol. The summed E-state index contributed by atoms with van der Waals surface area (Å²) in [5.41, 5.74) is 5.23. The highest BCUT2D eigenvalue weighted by Gasteiger charge is 2.23. The van der Waals surface area contributed by atoms with Crippen LogP contribution >= 0.6 is 0 Å². The van der Waals surface area contributed by atoms with Crippen molar-refractivity contribution in [3.05, 3.63) is 47.1 Å². The molecule has 0 aliphatic heterocycles. The molecule has 0 amide bonds. The number of hydrogen-bond acceptors (Lipinski definition) is 2. The van der Waals surface area contributed by atoms with E-state index in [0.29, 0.717) is 0 Å². The van der Waals surface area contributed by atoms with E-state index in [9.17, 15) is 4.79 Å². The van der Waals surface area contributed by atoms with Gasteiger partial charge in [-0.05, 0) is 72.3 Å². The molecule has 0 heterocycles. The predicted octanol–water partition coefficient (Wildman–Crippen LogP) is 6.30. The first-order valence-electron chi connectivity index (χ1n) is 9.10. The van der Waals surface area contributed by atoms with E-state index in [1.807, 2.05) is 6.92 Å². The largest absolute Gasteiger partial charge is 0.458 e. The van der Waals surface area contributed by atoms with Gasteiger partial charge in [-0.2, -0.15) is 0 Å². The Morgan fingerprint density at radius 2 is 1.54 bits per heavy atom. The van der Waals surface area contributed by atoms with E-state index in [1.54, 1.807) is 0 Å². The van der Waals surface area contributed by atoms with Gasteiger partial charge < -0.3 is 4.74 Å². The Bertz CT molecular complexity index is 534. The molecule has 0 spiro atoms. The van der Waals surface area contributed by atoms with Crippen LogP contribution in [-0.2, 0) is 9.53 Å². The van der Waals surface area contributed by atoms with Crippen LogP contribution in [0.2, 0.25) is 0 Å². The highest BCUT2D eigenvalue weighted by molar-refractivity contribution is 5.66. The molecule has 1 rings (SSSR count). The zero-order valence-corrected chi connectivity index (χ0v) is 16.2. The Balaban J connectivity index is 3.08. The lowest BCUT2D eigenvalue weighted by Gasteiger charge is -2.26. The third-order valence-electron chi connectivity index (χ3n) is 4.69. The lowest BCUT2D eigenvalue weighted by atomic mass is 9.87. The van der Waals surface area contributed by atoms with Crippen molar-refractivity contribution in [2.24, 2.45) is 5.92 Å². The van der Waals surface area contributed by atoms with Gasteiger partial charge in [0.25, 0.3) is 0 Å². The maximum absolute atomic E-state index is 11.6. The van der Waals surface area contributed by atoms with E-state index in [4.69, 9.17) is 4.74 Å². The summed E-state index contributed by atoms with van der Waals surface area (Å²) >= 11 is 0. The van der Waals surface area contributed by atoms with E-state index < -0.39 is 0 Å². The van der Waals surface area contributed by atoms with Crippen LogP contribution in [0.5, 0.6) is 0 Å². The van der Waals surface area contributed by atoms with Crippen LogP contribution in [0.3, 0.4) is 0 Å². The fraction of sp³-hybridized carbons (Fsp3) is 0.591. The van der Waals surface area contributed by atoms with Crippen LogP contribution in [-0.4, -0.2) is 12.1 Å². The van der Waals surface area contributed by atoms with Crippen molar-refractivity contribution in [2.75, 3.05) is 0 Å². The highest BCUT2D eigenvalue weighted by atomic mass is 16.5. The number of rotatable bonds is 2. The molecule has 1 aliphatic rings. The smallest absolute Gasteiger partial charge is 0.303 e. The Labute approximate surface area is 148 Å². The minimum atomic E-state index is -0.223. The summed E-state index contributed by atoms with van der Waals surface area (Å²) in [5, 5.41) is 0. The van der Waals surface area contributed by atoms with E-state index in [1.165, 1.54) is 23.6 Å². The zero-order valence-electron chi connectivity index (χ0n) is 16.2. The van der Waals surface area contributed by atoms with Gasteiger partial charge in [0.1, 0.15) is 6.10 Å². The van der Waals surface area contributed by atoms with E-state index in [0.717, 1.165) is 44.1 Å². The average Bonchev–Trinajstić information content (AvgIpc) is 2.45. The molecule has 2 nitrogen and oxygen atoms in total. The molecule has 134 valence electrons. The summed E-state index contributed by atoms with van der Waals surface area (Å²) < 4.78 is 5.64. The number of ether oxygens (including phenoxy) is 1. The van der Waals surface area contributed by atoms with Gasteiger partial charge in [0.15, 0.2) is 0 Å². The Morgan fingerprint density at radius 1 is 1.00 bits per heavy atom. The molecule has 0 aromatic rings. The molecule has 0 saturated heterocycles. The normalized spacial score (nSPS) is 30.6. The van der Waals surface area contributed by atoms with Crippen LogP contribution in [0, 0.1) is 5.92 Å². The summed E-state index contributed by atoms with van der Waals surface area (Å²) in [6.07, 6.45) is 12.9. The SMILES string of the molecule is C=C(C)C1CC/C(C)=C/CC/C(C)=C\CC/C(C)=C/C1OC(C)=O. The van der Waals surface area contributed by atoms with E-state index >= 15 is 0 Å². The fourth-order valence-corrected chi connectivity index (χ4v) is 3.16. The number of allylic oxidation sites excluding steroid dienone is 5. The number of carbonyl (C=O) groups excluding carboxylic acids is 1. The van der Waals surface area contributed by atoms with Gasteiger partial charge in [0.2, 0.25) is 0 Å². The van der Waals surface area contributed by atoms with Crippen LogP contribution in [0.15, 0.2) is 47.1 Å². The first-order chi connectivity index (χ1) is 11.3. The Kier molecular flexibility index (Phi) is 8.81. The molecule has 0 N–H and O–H groups in total. The van der Waals surface area contributed by atoms with Gasteiger partial charge in [-0.3, -0.25) is 4.79 Å². The second kappa shape index (κ2) is 10.3. The quantitative estimate of drug-likeness (QED) is 0.438.